The lowest BCUT2D eigenvalue weighted by atomic mass is 9.37. The molecule has 0 bridgehead atoms. The van der Waals surface area contributed by atoms with E-state index < -0.39 is 106 Å². The summed E-state index contributed by atoms with van der Waals surface area (Å²) >= 11 is 0. The maximum Gasteiger partial charge on any atom is 0.304 e. The van der Waals surface area contributed by atoms with Crippen molar-refractivity contribution in [1.29, 1.82) is 0 Å². The lowest BCUT2D eigenvalue weighted by molar-refractivity contribution is -0.231. The highest BCUT2D eigenvalue weighted by molar-refractivity contribution is 5.96. The zero-order valence-electron chi connectivity index (χ0n) is 31.1. The van der Waals surface area contributed by atoms with Gasteiger partial charge in [0.15, 0.2) is 5.78 Å². The third-order valence-corrected chi connectivity index (χ3v) is 13.0. The highest BCUT2D eigenvalue weighted by Crippen LogP contribution is 2.73. The first-order valence-electron chi connectivity index (χ1n) is 17.6. The van der Waals surface area contributed by atoms with Crippen molar-refractivity contribution in [3.63, 3.8) is 0 Å². The summed E-state index contributed by atoms with van der Waals surface area (Å²) in [4.78, 5) is 62.9. The van der Waals surface area contributed by atoms with Gasteiger partial charge in [0.25, 0.3) is 0 Å². The molecule has 0 amide bonds. The van der Waals surface area contributed by atoms with Gasteiger partial charge < -0.3 is 33.9 Å². The average molecular weight is 703 g/mol. The third kappa shape index (κ3) is 5.83. The molecule has 12 nitrogen and oxygen atoms in total. The molecule has 3 fully saturated rings. The Labute approximate surface area is 294 Å². The van der Waals surface area contributed by atoms with E-state index in [0.717, 1.165) is 5.57 Å². The van der Waals surface area contributed by atoms with Crippen molar-refractivity contribution in [3.8, 4) is 0 Å². The zero-order valence-corrected chi connectivity index (χ0v) is 31.1. The Hall–Kier alpha value is -3.09. The minimum Gasteiger partial charge on any atom is -0.459 e. The molecule has 2 N–H and O–H groups in total. The Morgan fingerprint density at radius 1 is 0.940 bits per heavy atom. The molecule has 278 valence electrons. The Kier molecular flexibility index (Phi) is 9.57. The van der Waals surface area contributed by atoms with E-state index in [-0.39, 0.29) is 18.1 Å². The van der Waals surface area contributed by atoms with Crippen molar-refractivity contribution in [2.24, 2.45) is 45.3 Å². The summed E-state index contributed by atoms with van der Waals surface area (Å²) in [6, 6.07) is 0. The van der Waals surface area contributed by atoms with Crippen LogP contribution in [0.3, 0.4) is 0 Å². The van der Waals surface area contributed by atoms with E-state index in [1.807, 2.05) is 32.9 Å². The number of ether oxygens (including phenoxy) is 5. The van der Waals surface area contributed by atoms with Gasteiger partial charge in [0.05, 0.1) is 6.10 Å². The van der Waals surface area contributed by atoms with Crippen LogP contribution in [-0.4, -0.2) is 82.3 Å². The molecule has 1 saturated heterocycles. The van der Waals surface area contributed by atoms with Crippen LogP contribution in [0.4, 0.5) is 0 Å². The van der Waals surface area contributed by atoms with Gasteiger partial charge >= 0.3 is 23.9 Å². The van der Waals surface area contributed by atoms with E-state index in [4.69, 9.17) is 23.7 Å². The van der Waals surface area contributed by atoms with E-state index >= 15 is 0 Å². The molecule has 50 heavy (non-hydrogen) atoms. The SMILES string of the molecule is CC(=O)OC1C=C2C(C)(CCC3C4(C)C=CC(=O)C(C)(C)C4C(OC(C)=O)C(O)C23C)C1C1CC(C(O)C(C)(C)OC(C)=O)OC1OC(C)=O. The Morgan fingerprint density at radius 3 is 2.10 bits per heavy atom. The summed E-state index contributed by atoms with van der Waals surface area (Å²) in [5, 5.41) is 24.0. The maximum absolute atomic E-state index is 13.3. The molecular weight excluding hydrogens is 648 g/mol. The molecule has 0 aromatic rings. The number of ketones is 1. The van der Waals surface area contributed by atoms with Gasteiger partial charge in [-0.05, 0) is 62.0 Å². The summed E-state index contributed by atoms with van der Waals surface area (Å²) < 4.78 is 29.4. The van der Waals surface area contributed by atoms with Gasteiger partial charge in [-0.2, -0.15) is 0 Å². The van der Waals surface area contributed by atoms with Crippen LogP contribution in [0.5, 0.6) is 0 Å². The smallest absolute Gasteiger partial charge is 0.304 e. The van der Waals surface area contributed by atoms with Gasteiger partial charge in [-0.1, -0.05) is 46.3 Å². The van der Waals surface area contributed by atoms with Crippen molar-refractivity contribution in [1.82, 2.24) is 0 Å². The minimum atomic E-state index is -1.33. The quantitative estimate of drug-likeness (QED) is 0.222. The summed E-state index contributed by atoms with van der Waals surface area (Å²) in [5.74, 6) is -4.21. The van der Waals surface area contributed by atoms with Gasteiger partial charge in [0, 0.05) is 56.3 Å². The standard InChI is InChI=1S/C38H54O12/c1-18(39)46-23-17-26-36(9,28(23)22-16-24(49-33(22)48-20(3)41)31(44)35(7,8)50-21(4)42)14-12-25-37(10)15-13-27(43)34(5,6)30(37)29(47-19(2)40)32(45)38(25,26)11/h13,15,17,22-25,28-33,44-45H,12,14,16H2,1-11H3. The van der Waals surface area contributed by atoms with E-state index in [9.17, 15) is 34.2 Å². The van der Waals surface area contributed by atoms with Crippen molar-refractivity contribution in [2.75, 3.05) is 0 Å². The molecule has 12 heteroatoms. The van der Waals surface area contributed by atoms with Crippen LogP contribution in [-0.2, 0) is 47.7 Å². The molecule has 1 heterocycles. The molecule has 13 atom stereocenters. The molecule has 5 aliphatic rings. The summed E-state index contributed by atoms with van der Waals surface area (Å²) in [6.07, 6.45) is 0.425. The maximum atomic E-state index is 13.3. The largest absolute Gasteiger partial charge is 0.459 e. The van der Waals surface area contributed by atoms with Crippen molar-refractivity contribution in [3.05, 3.63) is 23.8 Å². The predicted octanol–water partition coefficient (Wildman–Crippen LogP) is 3.99. The van der Waals surface area contributed by atoms with Crippen LogP contribution in [0.1, 0.15) is 95.4 Å². The number of rotatable bonds is 7. The zero-order chi connectivity index (χ0) is 37.5. The normalized spacial score (nSPS) is 42.3. The minimum absolute atomic E-state index is 0.102. The monoisotopic (exact) mass is 702 g/mol. The molecule has 2 saturated carbocycles. The van der Waals surface area contributed by atoms with Gasteiger partial charge in [0.2, 0.25) is 6.29 Å². The topological polar surface area (TPSA) is 172 Å². The number of allylic oxidation sites excluding steroid dienone is 2. The number of aliphatic hydroxyl groups excluding tert-OH is 2. The predicted molar refractivity (Wildman–Crippen MR) is 178 cm³/mol. The molecule has 0 spiro atoms. The summed E-state index contributed by atoms with van der Waals surface area (Å²) in [7, 11) is 0. The molecule has 1 aliphatic heterocycles. The molecule has 5 rings (SSSR count). The third-order valence-electron chi connectivity index (χ3n) is 13.0. The summed E-state index contributed by atoms with van der Waals surface area (Å²) in [6.45, 7) is 18.0. The second-order valence-corrected chi connectivity index (χ2v) is 16.9. The number of hydrogen-bond donors (Lipinski definition) is 2. The van der Waals surface area contributed by atoms with Gasteiger partial charge in [0.1, 0.15) is 30.0 Å². The van der Waals surface area contributed by atoms with Gasteiger partial charge in [-0.3, -0.25) is 24.0 Å². The highest BCUT2D eigenvalue weighted by atomic mass is 16.7. The van der Waals surface area contributed by atoms with Crippen molar-refractivity contribution in [2.45, 2.75) is 138 Å². The van der Waals surface area contributed by atoms with Crippen LogP contribution < -0.4 is 0 Å². The number of hydrogen-bond acceptors (Lipinski definition) is 12. The number of fused-ring (bicyclic) bond motifs is 5. The Morgan fingerprint density at radius 2 is 1.54 bits per heavy atom. The number of esters is 4. The lowest BCUT2D eigenvalue weighted by Gasteiger charge is -2.67. The molecule has 13 unspecified atom stereocenters. The highest BCUT2D eigenvalue weighted by Gasteiger charge is 2.73. The fourth-order valence-corrected chi connectivity index (χ4v) is 11.2. The summed E-state index contributed by atoms with van der Waals surface area (Å²) in [5.41, 5.74) is -3.88. The molecule has 0 radical (unpaired) electrons. The first-order chi connectivity index (χ1) is 22.9. The van der Waals surface area contributed by atoms with E-state index in [2.05, 4.69) is 13.8 Å². The molecule has 4 aliphatic carbocycles. The fourth-order valence-electron chi connectivity index (χ4n) is 11.2. The Balaban J connectivity index is 1.63. The van der Waals surface area contributed by atoms with E-state index in [1.165, 1.54) is 27.7 Å². The van der Waals surface area contributed by atoms with E-state index in [0.29, 0.717) is 12.8 Å². The molecule has 0 aromatic carbocycles. The fraction of sp³-hybridized carbons (Fsp3) is 0.763. The second-order valence-electron chi connectivity index (χ2n) is 16.9. The number of aliphatic hydroxyl groups is 2. The van der Waals surface area contributed by atoms with Crippen LogP contribution in [0, 0.1) is 45.3 Å². The Bertz CT molecular complexity index is 1510. The van der Waals surface area contributed by atoms with Crippen molar-refractivity contribution >= 4 is 29.7 Å². The molecular formula is C38H54O12. The number of carbonyl (C=O) groups is 5. The second kappa shape index (κ2) is 12.5. The first-order valence-corrected chi connectivity index (χ1v) is 17.6. The van der Waals surface area contributed by atoms with Gasteiger partial charge in [-0.15, -0.1) is 0 Å². The van der Waals surface area contributed by atoms with Crippen LogP contribution >= 0.6 is 0 Å². The van der Waals surface area contributed by atoms with Crippen molar-refractivity contribution < 1.29 is 57.9 Å². The first kappa shape index (κ1) is 38.1. The van der Waals surface area contributed by atoms with Gasteiger partial charge in [-0.25, -0.2) is 0 Å². The van der Waals surface area contributed by atoms with Crippen LogP contribution in [0.2, 0.25) is 0 Å². The van der Waals surface area contributed by atoms with E-state index in [1.54, 1.807) is 19.9 Å². The van der Waals surface area contributed by atoms with Crippen LogP contribution in [0.15, 0.2) is 23.8 Å². The van der Waals surface area contributed by atoms with Crippen LogP contribution in [0.25, 0.3) is 0 Å². The lowest BCUT2D eigenvalue weighted by Crippen LogP contribution is -2.70. The number of carbonyl (C=O) groups excluding carboxylic acids is 5. The molecule has 0 aromatic heterocycles. The average Bonchev–Trinajstić information content (AvgIpc) is 3.49.